The first kappa shape index (κ1) is 9.20. The number of aromatic carboxylic acids is 1. The molecular weight excluding hydrogens is 198 g/mol. The summed E-state index contributed by atoms with van der Waals surface area (Å²) in [6.07, 6.45) is 2.96. The average molecular weight is 205 g/mol. The van der Waals surface area contributed by atoms with Crippen LogP contribution in [0.4, 0.5) is 0 Å². The van der Waals surface area contributed by atoms with Gasteiger partial charge in [-0.15, -0.1) is 0 Å². The van der Waals surface area contributed by atoms with Crippen LogP contribution in [0.2, 0.25) is 0 Å². The predicted molar refractivity (Wildman–Crippen MR) is 51.1 cm³/mol. The molecule has 0 aromatic carbocycles. The third kappa shape index (κ3) is 1.52. The van der Waals surface area contributed by atoms with Crippen molar-refractivity contribution >= 4 is 5.97 Å². The molecule has 0 aliphatic rings. The topological polar surface area (TPSA) is 88.0 Å². The Kier molecular flexibility index (Phi) is 2.09. The van der Waals surface area contributed by atoms with E-state index in [-0.39, 0.29) is 5.56 Å². The Labute approximate surface area is 83.8 Å². The fourth-order valence-electron chi connectivity index (χ4n) is 1.23. The second-order valence-electron chi connectivity index (χ2n) is 2.84. The van der Waals surface area contributed by atoms with Crippen LogP contribution in [0.3, 0.4) is 0 Å². The van der Waals surface area contributed by atoms with E-state index in [2.05, 4.69) is 10.2 Å². The normalized spacial score (nSPS) is 10.1. The van der Waals surface area contributed by atoms with Gasteiger partial charge in [-0.25, -0.2) is 4.79 Å². The molecule has 0 bridgehead atoms. The highest BCUT2D eigenvalue weighted by molar-refractivity contribution is 5.87. The number of aromatic amines is 1. The largest absolute Gasteiger partial charge is 0.477 e. The average Bonchev–Trinajstić information content (AvgIpc) is 2.70. The van der Waals surface area contributed by atoms with Crippen molar-refractivity contribution in [2.45, 2.75) is 0 Å². The number of H-pyrrole nitrogens is 1. The van der Waals surface area contributed by atoms with E-state index in [0.717, 1.165) is 0 Å². The molecule has 6 nitrogen and oxygen atoms in total. The molecule has 0 radical (unpaired) electrons. The highest BCUT2D eigenvalue weighted by atomic mass is 16.4. The molecule has 2 N–H and O–H groups in total. The zero-order valence-corrected chi connectivity index (χ0v) is 7.54. The monoisotopic (exact) mass is 205 g/mol. The summed E-state index contributed by atoms with van der Waals surface area (Å²) in [7, 11) is 0. The summed E-state index contributed by atoms with van der Waals surface area (Å²) in [5.74, 6) is -0.808. The molecule has 2 rings (SSSR count). The lowest BCUT2D eigenvalue weighted by Gasteiger charge is -2.02. The van der Waals surface area contributed by atoms with Crippen LogP contribution in [-0.2, 0) is 0 Å². The number of aromatic nitrogens is 3. The van der Waals surface area contributed by atoms with Gasteiger partial charge in [-0.1, -0.05) is 0 Å². The first-order valence-electron chi connectivity index (χ1n) is 4.15. The van der Waals surface area contributed by atoms with Crippen molar-refractivity contribution < 1.29 is 9.90 Å². The maximum absolute atomic E-state index is 11.6. The van der Waals surface area contributed by atoms with Crippen LogP contribution in [0.15, 0.2) is 35.4 Å². The summed E-state index contributed by atoms with van der Waals surface area (Å²) in [5.41, 5.74) is -0.860. The molecule has 0 unspecified atom stereocenters. The minimum Gasteiger partial charge on any atom is -0.477 e. The van der Waals surface area contributed by atoms with Crippen molar-refractivity contribution in [3.05, 3.63) is 46.5 Å². The van der Waals surface area contributed by atoms with E-state index in [9.17, 15) is 9.59 Å². The maximum Gasteiger partial charge on any atom is 0.341 e. The van der Waals surface area contributed by atoms with Crippen LogP contribution in [0.5, 0.6) is 0 Å². The molecule has 2 heterocycles. The molecule has 2 aromatic rings. The van der Waals surface area contributed by atoms with E-state index in [1.807, 2.05) is 0 Å². The molecule has 0 atom stereocenters. The van der Waals surface area contributed by atoms with E-state index >= 15 is 0 Å². The first-order chi connectivity index (χ1) is 7.20. The van der Waals surface area contributed by atoms with Gasteiger partial charge in [-0.3, -0.25) is 14.5 Å². The van der Waals surface area contributed by atoms with Crippen molar-refractivity contribution in [3.8, 4) is 5.82 Å². The van der Waals surface area contributed by atoms with Crippen molar-refractivity contribution in [1.29, 1.82) is 0 Å². The molecule has 0 fully saturated rings. The molecule has 15 heavy (non-hydrogen) atoms. The van der Waals surface area contributed by atoms with Gasteiger partial charge in [0.25, 0.3) is 5.56 Å². The van der Waals surface area contributed by atoms with Crippen molar-refractivity contribution in [2.75, 3.05) is 0 Å². The molecule has 2 aromatic heterocycles. The smallest absolute Gasteiger partial charge is 0.341 e. The number of carboxylic acids is 1. The van der Waals surface area contributed by atoms with E-state index in [1.165, 1.54) is 29.1 Å². The first-order valence-corrected chi connectivity index (χ1v) is 4.15. The minimum atomic E-state index is -1.24. The van der Waals surface area contributed by atoms with Gasteiger partial charge in [-0.05, 0) is 12.1 Å². The number of nitrogens with one attached hydrogen (secondary N) is 1. The zero-order chi connectivity index (χ0) is 10.8. The van der Waals surface area contributed by atoms with Crippen LogP contribution >= 0.6 is 0 Å². The fourth-order valence-corrected chi connectivity index (χ4v) is 1.23. The summed E-state index contributed by atoms with van der Waals surface area (Å²) in [5, 5.41) is 15.0. The van der Waals surface area contributed by atoms with Gasteiger partial charge in [0.05, 0.1) is 6.20 Å². The predicted octanol–water partition coefficient (Wildman–Crippen LogP) is 0.259. The van der Waals surface area contributed by atoms with E-state index in [1.54, 1.807) is 6.07 Å². The highest BCUT2D eigenvalue weighted by Crippen LogP contribution is 1.99. The van der Waals surface area contributed by atoms with E-state index in [0.29, 0.717) is 5.82 Å². The van der Waals surface area contributed by atoms with Crippen LogP contribution in [0, 0.1) is 0 Å². The van der Waals surface area contributed by atoms with Crippen molar-refractivity contribution in [2.24, 2.45) is 0 Å². The van der Waals surface area contributed by atoms with Gasteiger partial charge < -0.3 is 5.11 Å². The molecule has 76 valence electrons. The SMILES string of the molecule is O=C(O)c1cccn(-c2ccn[nH]2)c1=O. The minimum absolute atomic E-state index is 0.271. The summed E-state index contributed by atoms with van der Waals surface area (Å²) < 4.78 is 1.19. The number of pyridine rings is 1. The number of carbonyl (C=O) groups is 1. The number of hydrogen-bond acceptors (Lipinski definition) is 3. The fraction of sp³-hybridized carbons (Fsp3) is 0. The second kappa shape index (κ2) is 3.41. The lowest BCUT2D eigenvalue weighted by Crippen LogP contribution is -2.24. The molecule has 0 saturated carbocycles. The van der Waals surface area contributed by atoms with Gasteiger partial charge >= 0.3 is 5.97 Å². The summed E-state index contributed by atoms with van der Waals surface area (Å²) in [4.78, 5) is 22.3. The Bertz CT molecular complexity index is 542. The van der Waals surface area contributed by atoms with Crippen LogP contribution < -0.4 is 5.56 Å². The van der Waals surface area contributed by atoms with Gasteiger partial charge in [0.15, 0.2) is 0 Å². The van der Waals surface area contributed by atoms with Crippen LogP contribution in [0.1, 0.15) is 10.4 Å². The number of nitrogens with zero attached hydrogens (tertiary/aromatic N) is 2. The summed E-state index contributed by atoms with van der Waals surface area (Å²) >= 11 is 0. The number of carboxylic acid groups (broad SMARTS) is 1. The Morgan fingerprint density at radius 3 is 2.87 bits per heavy atom. The van der Waals surface area contributed by atoms with Crippen molar-refractivity contribution in [3.63, 3.8) is 0 Å². The molecule has 0 saturated heterocycles. The van der Waals surface area contributed by atoms with Gasteiger partial charge in [0.2, 0.25) is 0 Å². The van der Waals surface area contributed by atoms with Crippen molar-refractivity contribution in [1.82, 2.24) is 14.8 Å². The van der Waals surface area contributed by atoms with Crippen LogP contribution in [0.25, 0.3) is 5.82 Å². The Morgan fingerprint density at radius 2 is 2.27 bits per heavy atom. The third-order valence-electron chi connectivity index (χ3n) is 1.92. The summed E-state index contributed by atoms with van der Waals surface area (Å²) in [6.45, 7) is 0. The van der Waals surface area contributed by atoms with Gasteiger partial charge in [0.1, 0.15) is 11.4 Å². The standard InChI is InChI=1S/C9H7N3O3/c13-8-6(9(14)15)2-1-5-12(8)7-3-4-10-11-7/h1-5H,(H,10,11)(H,14,15). The summed E-state index contributed by atoms with van der Waals surface area (Å²) in [6, 6.07) is 4.33. The Hall–Kier alpha value is -2.37. The molecular formula is C9H7N3O3. The zero-order valence-electron chi connectivity index (χ0n) is 7.54. The molecule has 0 spiro atoms. The number of rotatable bonds is 2. The number of hydrogen-bond donors (Lipinski definition) is 2. The van der Waals surface area contributed by atoms with Gasteiger partial charge in [-0.2, -0.15) is 5.10 Å². The Morgan fingerprint density at radius 1 is 1.47 bits per heavy atom. The molecule has 0 aliphatic heterocycles. The quantitative estimate of drug-likeness (QED) is 0.736. The second-order valence-corrected chi connectivity index (χ2v) is 2.84. The van der Waals surface area contributed by atoms with Crippen LogP contribution in [-0.4, -0.2) is 25.8 Å². The molecule has 0 aliphatic carbocycles. The lowest BCUT2D eigenvalue weighted by atomic mass is 10.3. The van der Waals surface area contributed by atoms with E-state index < -0.39 is 11.5 Å². The lowest BCUT2D eigenvalue weighted by molar-refractivity contribution is 0.0694. The van der Waals surface area contributed by atoms with Gasteiger partial charge in [0, 0.05) is 12.3 Å². The maximum atomic E-state index is 11.6. The van der Waals surface area contributed by atoms with E-state index in [4.69, 9.17) is 5.11 Å². The Balaban J connectivity index is 2.65. The third-order valence-corrected chi connectivity index (χ3v) is 1.92. The highest BCUT2D eigenvalue weighted by Gasteiger charge is 2.11. The molecule has 6 heteroatoms. The molecule has 0 amide bonds.